The molecule has 0 aliphatic rings. The third-order valence-electron chi connectivity index (χ3n) is 3.06. The fraction of sp³-hybridized carbons (Fsp3) is 0.176. The SMILES string of the molecule is COC(=O)C=Cc1ccc(OCC(=O)c2ccc[nH]2)c(OC)c1. The lowest BCUT2D eigenvalue weighted by Gasteiger charge is -2.10. The molecule has 0 saturated carbocycles. The van der Waals surface area contributed by atoms with E-state index in [1.165, 1.54) is 20.3 Å². The molecule has 0 amide bonds. The van der Waals surface area contributed by atoms with Crippen LogP contribution < -0.4 is 9.47 Å². The van der Waals surface area contributed by atoms with Gasteiger partial charge in [0.25, 0.3) is 0 Å². The van der Waals surface area contributed by atoms with E-state index in [9.17, 15) is 9.59 Å². The number of benzene rings is 1. The normalized spacial score (nSPS) is 10.5. The smallest absolute Gasteiger partial charge is 0.330 e. The van der Waals surface area contributed by atoms with E-state index >= 15 is 0 Å². The number of H-pyrrole nitrogens is 1. The van der Waals surface area contributed by atoms with Crippen LogP contribution in [-0.2, 0) is 9.53 Å². The highest BCUT2D eigenvalue weighted by atomic mass is 16.5. The minimum absolute atomic E-state index is 0.103. The molecule has 0 aliphatic heterocycles. The van der Waals surface area contributed by atoms with Gasteiger partial charge >= 0.3 is 5.97 Å². The summed E-state index contributed by atoms with van der Waals surface area (Å²) in [4.78, 5) is 25.8. The van der Waals surface area contributed by atoms with Crippen molar-refractivity contribution in [3.05, 3.63) is 53.9 Å². The fourth-order valence-electron chi connectivity index (χ4n) is 1.86. The van der Waals surface area contributed by atoms with Crippen LogP contribution in [0.15, 0.2) is 42.6 Å². The number of rotatable bonds is 7. The molecule has 2 rings (SSSR count). The molecule has 6 nitrogen and oxygen atoms in total. The lowest BCUT2D eigenvalue weighted by Crippen LogP contribution is -2.12. The number of Topliss-reactive ketones (excluding diaryl/α,β-unsaturated/α-hetero) is 1. The molecule has 0 radical (unpaired) electrons. The van der Waals surface area contributed by atoms with Crippen LogP contribution in [0, 0.1) is 0 Å². The molecular formula is C17H17NO5. The number of ketones is 1. The van der Waals surface area contributed by atoms with Gasteiger partial charge in [0.05, 0.1) is 19.9 Å². The second-order valence-electron chi connectivity index (χ2n) is 4.56. The maximum Gasteiger partial charge on any atom is 0.330 e. The van der Waals surface area contributed by atoms with E-state index in [4.69, 9.17) is 9.47 Å². The summed E-state index contributed by atoms with van der Waals surface area (Å²) in [6.07, 6.45) is 4.59. The number of methoxy groups -OCH3 is 2. The fourth-order valence-corrected chi connectivity index (χ4v) is 1.86. The Morgan fingerprint density at radius 3 is 2.65 bits per heavy atom. The summed E-state index contributed by atoms with van der Waals surface area (Å²) in [5, 5.41) is 0. The minimum atomic E-state index is -0.444. The minimum Gasteiger partial charge on any atom is -0.493 e. The van der Waals surface area contributed by atoms with Crippen LogP contribution in [0.2, 0.25) is 0 Å². The Balaban J connectivity index is 2.06. The van der Waals surface area contributed by atoms with E-state index in [1.54, 1.807) is 42.6 Å². The third-order valence-corrected chi connectivity index (χ3v) is 3.06. The summed E-state index contributed by atoms with van der Waals surface area (Å²) in [6, 6.07) is 8.56. The molecule has 0 unspecified atom stereocenters. The summed E-state index contributed by atoms with van der Waals surface area (Å²) in [6.45, 7) is -0.103. The Labute approximate surface area is 133 Å². The molecule has 0 atom stereocenters. The predicted octanol–water partition coefficient (Wildman–Crippen LogP) is 2.47. The highest BCUT2D eigenvalue weighted by molar-refractivity contribution is 5.95. The zero-order chi connectivity index (χ0) is 16.7. The lowest BCUT2D eigenvalue weighted by atomic mass is 10.2. The van der Waals surface area contributed by atoms with Gasteiger partial charge in [-0.3, -0.25) is 4.79 Å². The van der Waals surface area contributed by atoms with Gasteiger partial charge in [0.15, 0.2) is 18.1 Å². The van der Waals surface area contributed by atoms with Gasteiger partial charge in [0.2, 0.25) is 5.78 Å². The molecule has 2 aromatic rings. The largest absolute Gasteiger partial charge is 0.493 e. The van der Waals surface area contributed by atoms with Crippen LogP contribution in [0.3, 0.4) is 0 Å². The summed E-state index contributed by atoms with van der Waals surface area (Å²) in [5.41, 5.74) is 1.23. The van der Waals surface area contributed by atoms with E-state index in [0.29, 0.717) is 17.2 Å². The summed E-state index contributed by atoms with van der Waals surface area (Å²) < 4.78 is 15.3. The molecule has 1 aromatic heterocycles. The molecule has 23 heavy (non-hydrogen) atoms. The molecular weight excluding hydrogens is 298 g/mol. The zero-order valence-electron chi connectivity index (χ0n) is 12.9. The monoisotopic (exact) mass is 315 g/mol. The van der Waals surface area contributed by atoms with E-state index in [2.05, 4.69) is 9.72 Å². The predicted molar refractivity (Wildman–Crippen MR) is 84.7 cm³/mol. The van der Waals surface area contributed by atoms with Crippen LogP contribution in [-0.4, -0.2) is 37.6 Å². The number of carbonyl (C=O) groups is 2. The van der Waals surface area contributed by atoms with Crippen LogP contribution in [0.25, 0.3) is 6.08 Å². The highest BCUT2D eigenvalue weighted by Crippen LogP contribution is 2.28. The van der Waals surface area contributed by atoms with Crippen molar-refractivity contribution in [3.63, 3.8) is 0 Å². The lowest BCUT2D eigenvalue weighted by molar-refractivity contribution is -0.134. The van der Waals surface area contributed by atoms with Crippen LogP contribution in [0.5, 0.6) is 11.5 Å². The number of aromatic amines is 1. The van der Waals surface area contributed by atoms with Crippen LogP contribution >= 0.6 is 0 Å². The maximum atomic E-state index is 11.9. The first-order chi connectivity index (χ1) is 11.1. The number of ether oxygens (including phenoxy) is 3. The maximum absolute atomic E-state index is 11.9. The van der Waals surface area contributed by atoms with Crippen LogP contribution in [0.1, 0.15) is 16.1 Å². The Hall–Kier alpha value is -3.02. The van der Waals surface area contributed by atoms with Crippen molar-refractivity contribution in [1.29, 1.82) is 0 Å². The molecule has 0 bridgehead atoms. The zero-order valence-corrected chi connectivity index (χ0v) is 12.9. The van der Waals surface area contributed by atoms with Gasteiger partial charge in [-0.25, -0.2) is 4.79 Å². The van der Waals surface area contributed by atoms with Crippen molar-refractivity contribution in [3.8, 4) is 11.5 Å². The molecule has 0 spiro atoms. The average Bonchev–Trinajstić information content (AvgIpc) is 3.12. The van der Waals surface area contributed by atoms with Crippen molar-refractivity contribution in [2.24, 2.45) is 0 Å². The molecule has 1 aromatic carbocycles. The van der Waals surface area contributed by atoms with Crippen molar-refractivity contribution >= 4 is 17.8 Å². The summed E-state index contributed by atoms with van der Waals surface area (Å²) >= 11 is 0. The van der Waals surface area contributed by atoms with Gasteiger partial charge in [-0.1, -0.05) is 6.07 Å². The van der Waals surface area contributed by atoms with Gasteiger partial charge < -0.3 is 19.2 Å². The van der Waals surface area contributed by atoms with E-state index in [-0.39, 0.29) is 12.4 Å². The Morgan fingerprint density at radius 1 is 1.17 bits per heavy atom. The van der Waals surface area contributed by atoms with Crippen LogP contribution in [0.4, 0.5) is 0 Å². The molecule has 0 saturated heterocycles. The van der Waals surface area contributed by atoms with E-state index in [1.807, 2.05) is 0 Å². The Bertz CT molecular complexity index is 704. The Kier molecular flexibility index (Phi) is 5.57. The van der Waals surface area contributed by atoms with Gasteiger partial charge in [-0.05, 0) is 35.9 Å². The number of hydrogen-bond acceptors (Lipinski definition) is 5. The first-order valence-electron chi connectivity index (χ1n) is 6.87. The summed E-state index contributed by atoms with van der Waals surface area (Å²) in [5.74, 6) is 0.312. The number of hydrogen-bond donors (Lipinski definition) is 1. The standard InChI is InChI=1S/C17H17NO5/c1-21-16-10-12(6-8-17(20)22-2)5-7-15(16)23-11-14(19)13-4-3-9-18-13/h3-10,18H,11H2,1-2H3. The highest BCUT2D eigenvalue weighted by Gasteiger charge is 2.10. The quantitative estimate of drug-likeness (QED) is 0.482. The van der Waals surface area contributed by atoms with Gasteiger partial charge in [0, 0.05) is 12.3 Å². The number of carbonyl (C=O) groups excluding carboxylic acids is 2. The second kappa shape index (κ2) is 7.84. The Morgan fingerprint density at radius 2 is 2.00 bits per heavy atom. The topological polar surface area (TPSA) is 77.6 Å². The summed E-state index contributed by atoms with van der Waals surface area (Å²) in [7, 11) is 2.81. The first kappa shape index (κ1) is 16.4. The van der Waals surface area contributed by atoms with Crippen molar-refractivity contribution in [2.75, 3.05) is 20.8 Å². The van der Waals surface area contributed by atoms with Crippen molar-refractivity contribution < 1.29 is 23.8 Å². The second-order valence-corrected chi connectivity index (χ2v) is 4.56. The first-order valence-corrected chi connectivity index (χ1v) is 6.87. The number of esters is 1. The molecule has 1 N–H and O–H groups in total. The van der Waals surface area contributed by atoms with Gasteiger partial charge in [-0.15, -0.1) is 0 Å². The third kappa shape index (κ3) is 4.47. The molecule has 1 heterocycles. The van der Waals surface area contributed by atoms with E-state index < -0.39 is 5.97 Å². The van der Waals surface area contributed by atoms with Gasteiger partial charge in [0.1, 0.15) is 0 Å². The molecule has 0 fully saturated rings. The van der Waals surface area contributed by atoms with Crippen molar-refractivity contribution in [2.45, 2.75) is 0 Å². The van der Waals surface area contributed by atoms with E-state index in [0.717, 1.165) is 5.56 Å². The molecule has 120 valence electrons. The van der Waals surface area contributed by atoms with Gasteiger partial charge in [-0.2, -0.15) is 0 Å². The number of aromatic nitrogens is 1. The molecule has 6 heteroatoms. The van der Waals surface area contributed by atoms with Crippen molar-refractivity contribution in [1.82, 2.24) is 4.98 Å². The number of nitrogens with one attached hydrogen (secondary N) is 1. The molecule has 0 aliphatic carbocycles. The average molecular weight is 315 g/mol.